The molecular formula is C12H15FOS. The van der Waals surface area contributed by atoms with Gasteiger partial charge in [0.25, 0.3) is 0 Å². The lowest BCUT2D eigenvalue weighted by Crippen LogP contribution is -2.04. The van der Waals surface area contributed by atoms with Crippen LogP contribution < -0.4 is 0 Å². The van der Waals surface area contributed by atoms with E-state index < -0.39 is 0 Å². The Morgan fingerprint density at radius 3 is 2.47 bits per heavy atom. The number of thioether (sulfide) groups is 1. The normalized spacial score (nSPS) is 10.7. The lowest BCUT2D eigenvalue weighted by atomic mass is 10.1. The molecule has 0 aliphatic heterocycles. The summed E-state index contributed by atoms with van der Waals surface area (Å²) in [6, 6.07) is 5.71. The predicted octanol–water partition coefficient (Wildman–Crippen LogP) is 3.40. The summed E-state index contributed by atoms with van der Waals surface area (Å²) < 4.78 is 12.6. The molecule has 0 aromatic heterocycles. The summed E-state index contributed by atoms with van der Waals surface area (Å²) in [5, 5.41) is 0. The number of rotatable bonds is 5. The fourth-order valence-electron chi connectivity index (χ4n) is 1.11. The number of ketones is 1. The van der Waals surface area contributed by atoms with Crippen molar-refractivity contribution in [3.05, 3.63) is 35.6 Å². The van der Waals surface area contributed by atoms with Gasteiger partial charge in [0.1, 0.15) is 5.82 Å². The molecule has 0 aliphatic carbocycles. The molecule has 0 saturated carbocycles. The first-order chi connectivity index (χ1) is 7.09. The molecular weight excluding hydrogens is 211 g/mol. The van der Waals surface area contributed by atoms with Gasteiger partial charge in [0.2, 0.25) is 0 Å². The maximum Gasteiger partial charge on any atom is 0.172 e. The van der Waals surface area contributed by atoms with Gasteiger partial charge >= 0.3 is 0 Å². The first-order valence-corrected chi connectivity index (χ1v) is 6.11. The summed E-state index contributed by atoms with van der Waals surface area (Å²) >= 11 is 1.63. The summed E-state index contributed by atoms with van der Waals surface area (Å²) in [6.07, 6.45) is 0. The molecule has 0 atom stereocenters. The molecule has 3 heteroatoms. The molecule has 1 nitrogen and oxygen atoms in total. The van der Waals surface area contributed by atoms with Gasteiger partial charge in [0.05, 0.1) is 5.75 Å². The molecule has 0 fully saturated rings. The SMILES string of the molecule is CC(C)CSCC(=O)c1ccc(F)cc1. The summed E-state index contributed by atoms with van der Waals surface area (Å²) in [5.74, 6) is 1.81. The summed E-state index contributed by atoms with van der Waals surface area (Å²) in [7, 11) is 0. The Morgan fingerprint density at radius 1 is 1.33 bits per heavy atom. The Morgan fingerprint density at radius 2 is 1.93 bits per heavy atom. The van der Waals surface area contributed by atoms with E-state index in [0.29, 0.717) is 17.2 Å². The van der Waals surface area contributed by atoms with Gasteiger partial charge in [-0.2, -0.15) is 11.8 Å². The van der Waals surface area contributed by atoms with Crippen molar-refractivity contribution in [3.63, 3.8) is 0 Å². The quantitative estimate of drug-likeness (QED) is 0.716. The summed E-state index contributed by atoms with van der Waals surface area (Å²) in [6.45, 7) is 4.24. The molecule has 1 rings (SSSR count). The van der Waals surface area contributed by atoms with E-state index >= 15 is 0 Å². The smallest absolute Gasteiger partial charge is 0.172 e. The van der Waals surface area contributed by atoms with Crippen molar-refractivity contribution in [2.24, 2.45) is 5.92 Å². The molecule has 15 heavy (non-hydrogen) atoms. The van der Waals surface area contributed by atoms with Crippen molar-refractivity contribution in [2.75, 3.05) is 11.5 Å². The van der Waals surface area contributed by atoms with E-state index in [1.165, 1.54) is 24.3 Å². The Balaban J connectivity index is 2.43. The monoisotopic (exact) mass is 226 g/mol. The first kappa shape index (κ1) is 12.2. The maximum atomic E-state index is 12.6. The van der Waals surface area contributed by atoms with Crippen LogP contribution in [0.3, 0.4) is 0 Å². The van der Waals surface area contributed by atoms with Crippen LogP contribution in [0, 0.1) is 11.7 Å². The highest BCUT2D eigenvalue weighted by Gasteiger charge is 2.06. The van der Waals surface area contributed by atoms with Crippen LogP contribution in [0.5, 0.6) is 0 Å². The average molecular weight is 226 g/mol. The second kappa shape index (κ2) is 5.91. The summed E-state index contributed by atoms with van der Waals surface area (Å²) in [5.41, 5.74) is 0.590. The van der Waals surface area contributed by atoms with E-state index in [0.717, 1.165) is 5.75 Å². The lowest BCUT2D eigenvalue weighted by Gasteiger charge is -2.03. The minimum absolute atomic E-state index is 0.0700. The minimum Gasteiger partial charge on any atom is -0.293 e. The highest BCUT2D eigenvalue weighted by Crippen LogP contribution is 2.11. The topological polar surface area (TPSA) is 17.1 Å². The fourth-order valence-corrected chi connectivity index (χ4v) is 2.05. The van der Waals surface area contributed by atoms with E-state index in [1.807, 2.05) is 0 Å². The summed E-state index contributed by atoms with van der Waals surface area (Å²) in [4.78, 5) is 11.6. The molecule has 1 aromatic carbocycles. The van der Waals surface area contributed by atoms with Gasteiger partial charge in [0.15, 0.2) is 5.78 Å². The second-order valence-electron chi connectivity index (χ2n) is 3.84. The number of carbonyl (C=O) groups is 1. The highest BCUT2D eigenvalue weighted by atomic mass is 32.2. The second-order valence-corrected chi connectivity index (χ2v) is 4.87. The van der Waals surface area contributed by atoms with Gasteiger partial charge < -0.3 is 0 Å². The number of Topliss-reactive ketones (excluding diaryl/α,β-unsaturated/α-hetero) is 1. The Labute approximate surface area is 94.1 Å². The maximum absolute atomic E-state index is 12.6. The fraction of sp³-hybridized carbons (Fsp3) is 0.417. The van der Waals surface area contributed by atoms with Crippen molar-refractivity contribution in [2.45, 2.75) is 13.8 Å². The van der Waals surface area contributed by atoms with Crippen molar-refractivity contribution >= 4 is 17.5 Å². The number of hydrogen-bond acceptors (Lipinski definition) is 2. The number of benzene rings is 1. The molecule has 1 aromatic rings. The number of carbonyl (C=O) groups excluding carboxylic acids is 1. The zero-order valence-corrected chi connectivity index (χ0v) is 9.81. The molecule has 0 bridgehead atoms. The van der Waals surface area contributed by atoms with Crippen molar-refractivity contribution in [3.8, 4) is 0 Å². The van der Waals surface area contributed by atoms with Gasteiger partial charge in [-0.1, -0.05) is 13.8 Å². The third-order valence-corrected chi connectivity index (χ3v) is 3.22. The molecule has 0 saturated heterocycles. The van der Waals surface area contributed by atoms with Gasteiger partial charge in [-0.3, -0.25) is 4.79 Å². The van der Waals surface area contributed by atoms with Gasteiger partial charge in [-0.25, -0.2) is 4.39 Å². The average Bonchev–Trinajstić information content (AvgIpc) is 2.18. The van der Waals surface area contributed by atoms with Crippen LogP contribution in [0.15, 0.2) is 24.3 Å². The molecule has 0 amide bonds. The molecule has 0 aliphatic rings. The van der Waals surface area contributed by atoms with Crippen molar-refractivity contribution in [1.82, 2.24) is 0 Å². The predicted molar refractivity (Wildman–Crippen MR) is 62.9 cm³/mol. The Kier molecular flexibility index (Phi) is 4.82. The van der Waals surface area contributed by atoms with Crippen LogP contribution in [0.25, 0.3) is 0 Å². The van der Waals surface area contributed by atoms with Gasteiger partial charge in [-0.15, -0.1) is 0 Å². The molecule has 0 spiro atoms. The van der Waals surface area contributed by atoms with E-state index in [9.17, 15) is 9.18 Å². The van der Waals surface area contributed by atoms with Crippen LogP contribution in [-0.2, 0) is 0 Å². The third kappa shape index (κ3) is 4.47. The number of halogens is 1. The number of hydrogen-bond donors (Lipinski definition) is 0. The highest BCUT2D eigenvalue weighted by molar-refractivity contribution is 7.99. The minimum atomic E-state index is -0.304. The van der Waals surface area contributed by atoms with Crippen molar-refractivity contribution in [1.29, 1.82) is 0 Å². The Hall–Kier alpha value is -0.830. The van der Waals surface area contributed by atoms with E-state index in [2.05, 4.69) is 13.8 Å². The first-order valence-electron chi connectivity index (χ1n) is 4.96. The van der Waals surface area contributed by atoms with Crippen LogP contribution in [0.2, 0.25) is 0 Å². The zero-order chi connectivity index (χ0) is 11.3. The van der Waals surface area contributed by atoms with E-state index in [4.69, 9.17) is 0 Å². The molecule has 0 unspecified atom stereocenters. The Bertz CT molecular complexity index is 319. The van der Waals surface area contributed by atoms with Crippen LogP contribution in [0.4, 0.5) is 4.39 Å². The molecule has 0 radical (unpaired) electrons. The van der Waals surface area contributed by atoms with E-state index in [-0.39, 0.29) is 11.6 Å². The van der Waals surface area contributed by atoms with Crippen LogP contribution in [0.1, 0.15) is 24.2 Å². The lowest BCUT2D eigenvalue weighted by molar-refractivity contribution is 0.102. The molecule has 82 valence electrons. The largest absolute Gasteiger partial charge is 0.293 e. The van der Waals surface area contributed by atoms with E-state index in [1.54, 1.807) is 11.8 Å². The van der Waals surface area contributed by atoms with Crippen LogP contribution >= 0.6 is 11.8 Å². The molecule has 0 N–H and O–H groups in total. The third-order valence-electron chi connectivity index (χ3n) is 1.85. The molecule has 0 heterocycles. The van der Waals surface area contributed by atoms with Gasteiger partial charge in [-0.05, 0) is 35.9 Å². The zero-order valence-electron chi connectivity index (χ0n) is 9.00. The van der Waals surface area contributed by atoms with Crippen molar-refractivity contribution < 1.29 is 9.18 Å². The standard InChI is InChI=1S/C12H15FOS/c1-9(2)7-15-8-12(14)10-3-5-11(13)6-4-10/h3-6,9H,7-8H2,1-2H3. The van der Waals surface area contributed by atoms with Crippen LogP contribution in [-0.4, -0.2) is 17.3 Å². The van der Waals surface area contributed by atoms with Gasteiger partial charge in [0, 0.05) is 5.56 Å².